The van der Waals surface area contributed by atoms with Crippen molar-refractivity contribution in [2.45, 2.75) is 13.8 Å². The van der Waals surface area contributed by atoms with Gasteiger partial charge in [-0.1, -0.05) is 6.07 Å². The molecule has 0 aliphatic carbocycles. The van der Waals surface area contributed by atoms with Gasteiger partial charge in [0, 0.05) is 44.9 Å². The second-order valence-electron chi connectivity index (χ2n) is 13.3. The topological polar surface area (TPSA) is 213 Å². The fourth-order valence-corrected chi connectivity index (χ4v) is 6.87. The van der Waals surface area contributed by atoms with Crippen LogP contribution in [0.4, 0.5) is 0 Å². The van der Waals surface area contributed by atoms with E-state index in [0.29, 0.717) is 5.56 Å². The molecule has 0 radical (unpaired) electrons. The first kappa shape index (κ1) is 36.7. The first-order valence-corrected chi connectivity index (χ1v) is 16.7. The molecule has 1 N–H and O–H groups in total. The van der Waals surface area contributed by atoms with Gasteiger partial charge >= 0.3 is 5.97 Å². The fraction of sp³-hybridized carbons (Fsp3) is 0.150. The summed E-state index contributed by atoms with van der Waals surface area (Å²) in [5, 5.41) is 10.5. The molecule has 16 nitrogen and oxygen atoms in total. The highest BCUT2D eigenvalue weighted by Crippen LogP contribution is 2.36. The highest BCUT2D eigenvalue weighted by molar-refractivity contribution is 6.26. The Morgan fingerprint density at radius 2 is 0.893 bits per heavy atom. The minimum atomic E-state index is -0.745. The van der Waals surface area contributed by atoms with E-state index in [9.17, 15) is 53.1 Å². The predicted molar refractivity (Wildman–Crippen MR) is 191 cm³/mol. The Kier molecular flexibility index (Phi) is 8.37. The van der Waals surface area contributed by atoms with Gasteiger partial charge in [-0.15, -0.1) is 0 Å². The first-order chi connectivity index (χ1) is 26.4. The van der Waals surface area contributed by atoms with Gasteiger partial charge in [-0.3, -0.25) is 62.8 Å². The van der Waals surface area contributed by atoms with Crippen molar-refractivity contribution < 1.29 is 57.8 Å². The molecule has 16 heteroatoms. The lowest BCUT2D eigenvalue weighted by atomic mass is 9.93. The van der Waals surface area contributed by atoms with Crippen molar-refractivity contribution in [3.63, 3.8) is 0 Å². The van der Waals surface area contributed by atoms with Gasteiger partial charge in [-0.05, 0) is 62.4 Å². The van der Waals surface area contributed by atoms with Crippen molar-refractivity contribution in [2.75, 3.05) is 28.2 Å². The second kappa shape index (κ2) is 12.8. The Hall–Kier alpha value is -7.62. The number of imide groups is 4. The lowest BCUT2D eigenvalue weighted by molar-refractivity contribution is 0.0677. The molecule has 8 amide bonds. The zero-order valence-electron chi connectivity index (χ0n) is 30.4. The number of hydrogen-bond acceptors (Lipinski definition) is 12. The van der Waals surface area contributed by atoms with Crippen molar-refractivity contribution in [2.24, 2.45) is 0 Å². The predicted octanol–water partition coefficient (Wildman–Crippen LogP) is 3.05. The minimum Gasteiger partial charge on any atom is -0.507 e. The largest absolute Gasteiger partial charge is 0.507 e. The molecular formula is C40H28N4O12. The van der Waals surface area contributed by atoms with Gasteiger partial charge in [-0.2, -0.15) is 0 Å². The normalized spacial score (nSPS) is 15.3. The molecule has 4 heterocycles. The van der Waals surface area contributed by atoms with Crippen molar-refractivity contribution in [1.29, 1.82) is 0 Å². The Morgan fingerprint density at radius 1 is 0.482 bits per heavy atom. The van der Waals surface area contributed by atoms with E-state index in [-0.39, 0.29) is 72.5 Å². The number of rotatable bonds is 4. The Bertz CT molecular complexity index is 2660. The summed E-state index contributed by atoms with van der Waals surface area (Å²) in [6.07, 6.45) is 0. The number of carbonyl (C=O) groups is 10. The Balaban J connectivity index is 0.000000172. The third-order valence-electron chi connectivity index (χ3n) is 10.2. The molecule has 0 saturated heterocycles. The van der Waals surface area contributed by atoms with Crippen LogP contribution in [0.25, 0.3) is 0 Å². The molecule has 0 saturated carbocycles. The molecule has 0 fully saturated rings. The number of phenols is 1. The van der Waals surface area contributed by atoms with Gasteiger partial charge in [0.2, 0.25) is 0 Å². The van der Waals surface area contributed by atoms with Crippen molar-refractivity contribution in [3.8, 4) is 11.5 Å². The molecule has 56 heavy (non-hydrogen) atoms. The van der Waals surface area contributed by atoms with Crippen LogP contribution in [-0.2, 0) is 0 Å². The third kappa shape index (κ3) is 5.21. The monoisotopic (exact) mass is 756 g/mol. The highest BCUT2D eigenvalue weighted by Gasteiger charge is 2.39. The summed E-state index contributed by atoms with van der Waals surface area (Å²) < 4.78 is 5.39. The number of aromatic hydroxyl groups is 1. The number of phenolic OH excluding ortho intramolecular Hbond substituents is 1. The number of benzene rings is 4. The van der Waals surface area contributed by atoms with Crippen LogP contribution in [0.5, 0.6) is 11.5 Å². The van der Waals surface area contributed by atoms with Crippen LogP contribution in [0, 0.1) is 13.8 Å². The number of esters is 1. The number of nitrogens with zero attached hydrogens (tertiary/aromatic N) is 4. The van der Waals surface area contributed by atoms with Crippen LogP contribution >= 0.6 is 0 Å². The number of ether oxygens (including phenoxy) is 1. The molecule has 4 aliphatic rings. The lowest BCUT2D eigenvalue weighted by Crippen LogP contribution is -2.24. The molecule has 0 spiro atoms. The van der Waals surface area contributed by atoms with Gasteiger partial charge in [-0.25, -0.2) is 4.79 Å². The molecule has 0 aromatic heterocycles. The van der Waals surface area contributed by atoms with Crippen LogP contribution in [0.15, 0.2) is 54.6 Å². The smallest absolute Gasteiger partial charge is 0.343 e. The quantitative estimate of drug-likeness (QED) is 0.138. The summed E-state index contributed by atoms with van der Waals surface area (Å²) in [6, 6.07) is 12.3. The summed E-state index contributed by atoms with van der Waals surface area (Å²) in [7, 11) is 5.42. The van der Waals surface area contributed by atoms with E-state index < -0.39 is 64.8 Å². The van der Waals surface area contributed by atoms with Crippen LogP contribution in [0.2, 0.25) is 0 Å². The standard InChI is InChI=1S/2C20H14N2O6/c1-8-14-12(19(27)22(3)20(14)28)7-13(15(8)23)16(24)9-4-5-10-11(6-9)18(26)21(2)17(10)25;1-9-14(7-6-12-15(9)19(26)22(3)17(12)24)28-20(27)10-4-5-11-13(8-10)18(25)21(2)16(11)23/h4-7,23H,1-3H3;4-8H,1-3H3. The highest BCUT2D eigenvalue weighted by atomic mass is 16.5. The molecule has 8 rings (SSSR count). The van der Waals surface area contributed by atoms with Crippen LogP contribution in [0.3, 0.4) is 0 Å². The summed E-state index contributed by atoms with van der Waals surface area (Å²) in [6.45, 7) is 3.04. The van der Waals surface area contributed by atoms with Crippen LogP contribution < -0.4 is 4.74 Å². The molecule has 0 unspecified atom stereocenters. The van der Waals surface area contributed by atoms with E-state index >= 15 is 0 Å². The summed E-state index contributed by atoms with van der Waals surface area (Å²) in [4.78, 5) is 126. The molecule has 4 aliphatic heterocycles. The second-order valence-corrected chi connectivity index (χ2v) is 13.3. The van der Waals surface area contributed by atoms with E-state index in [2.05, 4.69) is 0 Å². The fourth-order valence-electron chi connectivity index (χ4n) is 6.87. The lowest BCUT2D eigenvalue weighted by Gasteiger charge is -2.10. The van der Waals surface area contributed by atoms with Gasteiger partial charge in [0.05, 0.1) is 55.6 Å². The van der Waals surface area contributed by atoms with Crippen molar-refractivity contribution in [3.05, 3.63) is 127 Å². The third-order valence-corrected chi connectivity index (χ3v) is 10.2. The molecule has 280 valence electrons. The minimum absolute atomic E-state index is 0.0401. The summed E-state index contributed by atoms with van der Waals surface area (Å²) >= 11 is 0. The van der Waals surface area contributed by atoms with E-state index in [1.807, 2.05) is 0 Å². The Labute approximate surface area is 316 Å². The molecular weight excluding hydrogens is 728 g/mol. The Morgan fingerprint density at radius 3 is 1.45 bits per heavy atom. The number of hydrogen-bond donors (Lipinski definition) is 1. The number of carbonyl (C=O) groups excluding carboxylic acids is 10. The maximum absolute atomic E-state index is 13.0. The van der Waals surface area contributed by atoms with Gasteiger partial charge < -0.3 is 9.84 Å². The molecule has 0 bridgehead atoms. The van der Waals surface area contributed by atoms with Crippen molar-refractivity contribution >= 4 is 59.0 Å². The summed E-state index contributed by atoms with van der Waals surface area (Å²) in [5.41, 5.74) is 1.75. The SMILES string of the molecule is Cc1c(O)c(C(=O)c2ccc3c(c2)C(=O)N(C)C3=O)cc2c1C(=O)N(C)C2=O.Cc1c(OC(=O)c2ccc3c(c2)C(=O)N(C)C3=O)ccc2c1C(=O)N(C)C2=O. The zero-order chi connectivity index (χ0) is 40.8. The maximum Gasteiger partial charge on any atom is 0.343 e. The van der Waals surface area contributed by atoms with Gasteiger partial charge in [0.25, 0.3) is 47.3 Å². The number of ketones is 1. The van der Waals surface area contributed by atoms with E-state index in [1.54, 1.807) is 6.92 Å². The van der Waals surface area contributed by atoms with E-state index in [1.165, 1.54) is 89.7 Å². The van der Waals surface area contributed by atoms with E-state index in [0.717, 1.165) is 19.6 Å². The van der Waals surface area contributed by atoms with Gasteiger partial charge in [0.15, 0.2) is 5.78 Å². The molecule has 4 aromatic carbocycles. The maximum atomic E-state index is 13.0. The average Bonchev–Trinajstić information content (AvgIpc) is 3.73. The van der Waals surface area contributed by atoms with Crippen LogP contribution in [-0.4, -0.2) is 112 Å². The zero-order valence-corrected chi connectivity index (χ0v) is 30.4. The van der Waals surface area contributed by atoms with E-state index in [4.69, 9.17) is 4.74 Å². The van der Waals surface area contributed by atoms with Crippen LogP contribution in [0.1, 0.15) is 120 Å². The van der Waals surface area contributed by atoms with Gasteiger partial charge in [0.1, 0.15) is 11.5 Å². The number of amides is 8. The average molecular weight is 757 g/mol. The van der Waals surface area contributed by atoms with Crippen molar-refractivity contribution in [1.82, 2.24) is 19.6 Å². The molecule has 4 aromatic rings. The summed E-state index contributed by atoms with van der Waals surface area (Å²) in [5.74, 6) is -5.51. The number of fused-ring (bicyclic) bond motifs is 4. The first-order valence-electron chi connectivity index (χ1n) is 16.7. The molecule has 0 atom stereocenters.